The van der Waals surface area contributed by atoms with Crippen LogP contribution in [0.15, 0.2) is 71.6 Å². The SMILES string of the molecule is COc1ccc2cc(/C=C/C(=O)c3ccc(SC)cc3)ccc2c1. The Morgan fingerprint density at radius 2 is 1.67 bits per heavy atom. The van der Waals surface area contributed by atoms with E-state index in [-0.39, 0.29) is 5.78 Å². The van der Waals surface area contributed by atoms with Crippen molar-refractivity contribution >= 4 is 34.4 Å². The molecule has 0 aliphatic heterocycles. The number of carbonyl (C=O) groups excluding carboxylic acids is 1. The van der Waals surface area contributed by atoms with Crippen LogP contribution >= 0.6 is 11.8 Å². The van der Waals surface area contributed by atoms with Gasteiger partial charge in [-0.25, -0.2) is 0 Å². The van der Waals surface area contributed by atoms with E-state index in [2.05, 4.69) is 6.07 Å². The second kappa shape index (κ2) is 7.37. The fraction of sp³-hybridized carbons (Fsp3) is 0.0952. The Balaban J connectivity index is 1.80. The molecule has 3 aromatic carbocycles. The molecule has 0 bridgehead atoms. The summed E-state index contributed by atoms with van der Waals surface area (Å²) in [5, 5.41) is 2.24. The predicted molar refractivity (Wildman–Crippen MR) is 102 cm³/mol. The van der Waals surface area contributed by atoms with Crippen molar-refractivity contribution in [3.05, 3.63) is 77.9 Å². The van der Waals surface area contributed by atoms with Crippen LogP contribution in [-0.4, -0.2) is 19.1 Å². The van der Waals surface area contributed by atoms with Gasteiger partial charge in [0, 0.05) is 10.5 Å². The number of methoxy groups -OCH3 is 1. The molecule has 0 atom stereocenters. The van der Waals surface area contributed by atoms with Gasteiger partial charge in [0.05, 0.1) is 7.11 Å². The number of rotatable bonds is 5. The van der Waals surface area contributed by atoms with Gasteiger partial charge in [-0.05, 0) is 71.1 Å². The number of hydrogen-bond acceptors (Lipinski definition) is 3. The standard InChI is InChI=1S/C21H18O2S/c1-23-19-9-6-17-13-15(3-5-18(17)14-19)4-12-21(22)16-7-10-20(24-2)11-8-16/h3-14H,1-2H3/b12-4+. The molecule has 24 heavy (non-hydrogen) atoms. The van der Waals surface area contributed by atoms with E-state index in [1.165, 1.54) is 0 Å². The fourth-order valence-electron chi connectivity index (χ4n) is 2.50. The molecular formula is C21H18O2S. The van der Waals surface area contributed by atoms with Crippen molar-refractivity contribution in [1.29, 1.82) is 0 Å². The summed E-state index contributed by atoms with van der Waals surface area (Å²) in [5.74, 6) is 0.854. The highest BCUT2D eigenvalue weighted by atomic mass is 32.2. The van der Waals surface area contributed by atoms with Crippen molar-refractivity contribution in [2.24, 2.45) is 0 Å². The first-order valence-corrected chi connectivity index (χ1v) is 8.86. The highest BCUT2D eigenvalue weighted by Crippen LogP contribution is 2.22. The van der Waals surface area contributed by atoms with Gasteiger partial charge in [-0.1, -0.05) is 24.3 Å². The van der Waals surface area contributed by atoms with Crippen LogP contribution in [-0.2, 0) is 0 Å². The molecule has 3 rings (SSSR count). The van der Waals surface area contributed by atoms with Gasteiger partial charge in [0.1, 0.15) is 5.75 Å². The third-order valence-corrected chi connectivity index (χ3v) is 4.62. The Labute approximate surface area is 146 Å². The second-order valence-corrected chi connectivity index (χ2v) is 6.28. The Hall–Kier alpha value is -2.52. The molecular weight excluding hydrogens is 316 g/mol. The predicted octanol–water partition coefficient (Wildman–Crippen LogP) is 5.47. The Kier molecular flexibility index (Phi) is 5.02. The maximum atomic E-state index is 12.3. The number of fused-ring (bicyclic) bond motifs is 1. The molecule has 0 radical (unpaired) electrons. The molecule has 0 aromatic heterocycles. The molecule has 0 heterocycles. The van der Waals surface area contributed by atoms with Gasteiger partial charge in [-0.15, -0.1) is 11.8 Å². The summed E-state index contributed by atoms with van der Waals surface area (Å²) in [6.07, 6.45) is 5.50. The molecule has 120 valence electrons. The van der Waals surface area contributed by atoms with Gasteiger partial charge in [0.2, 0.25) is 0 Å². The van der Waals surface area contributed by atoms with Gasteiger partial charge in [0.25, 0.3) is 0 Å². The number of ketones is 1. The zero-order chi connectivity index (χ0) is 16.9. The van der Waals surface area contributed by atoms with E-state index in [1.807, 2.05) is 66.9 Å². The van der Waals surface area contributed by atoms with Gasteiger partial charge >= 0.3 is 0 Å². The van der Waals surface area contributed by atoms with Gasteiger partial charge in [0.15, 0.2) is 5.78 Å². The molecule has 0 spiro atoms. The maximum absolute atomic E-state index is 12.3. The minimum Gasteiger partial charge on any atom is -0.497 e. The van der Waals surface area contributed by atoms with Crippen LogP contribution in [0, 0.1) is 0 Å². The van der Waals surface area contributed by atoms with Crippen molar-refractivity contribution in [2.45, 2.75) is 4.90 Å². The van der Waals surface area contributed by atoms with Crippen LogP contribution in [0.1, 0.15) is 15.9 Å². The number of allylic oxidation sites excluding steroid dienone is 1. The fourth-order valence-corrected chi connectivity index (χ4v) is 2.90. The first-order chi connectivity index (χ1) is 11.7. The zero-order valence-electron chi connectivity index (χ0n) is 13.7. The van der Waals surface area contributed by atoms with E-state index < -0.39 is 0 Å². The minimum absolute atomic E-state index is 0.0116. The molecule has 3 aromatic rings. The number of carbonyl (C=O) groups is 1. The number of thioether (sulfide) groups is 1. The van der Waals surface area contributed by atoms with E-state index >= 15 is 0 Å². The third-order valence-electron chi connectivity index (χ3n) is 3.87. The average Bonchev–Trinajstić information content (AvgIpc) is 2.65. The largest absolute Gasteiger partial charge is 0.497 e. The highest BCUT2D eigenvalue weighted by Gasteiger charge is 2.02. The van der Waals surface area contributed by atoms with E-state index in [1.54, 1.807) is 24.9 Å². The van der Waals surface area contributed by atoms with Crippen molar-refractivity contribution in [2.75, 3.05) is 13.4 Å². The van der Waals surface area contributed by atoms with Gasteiger partial charge in [-0.3, -0.25) is 4.79 Å². The molecule has 0 unspecified atom stereocenters. The number of hydrogen-bond donors (Lipinski definition) is 0. The van der Waals surface area contributed by atoms with Crippen LogP contribution in [0.25, 0.3) is 16.8 Å². The molecule has 0 saturated heterocycles. The summed E-state index contributed by atoms with van der Waals surface area (Å²) >= 11 is 1.66. The topological polar surface area (TPSA) is 26.3 Å². The molecule has 0 aliphatic carbocycles. The average molecular weight is 334 g/mol. The van der Waals surface area contributed by atoms with Crippen LogP contribution in [0.5, 0.6) is 5.75 Å². The first-order valence-electron chi connectivity index (χ1n) is 7.64. The van der Waals surface area contributed by atoms with E-state index in [9.17, 15) is 4.79 Å². The van der Waals surface area contributed by atoms with E-state index in [0.717, 1.165) is 27.0 Å². The third kappa shape index (κ3) is 3.69. The summed E-state index contributed by atoms with van der Waals surface area (Å²) in [7, 11) is 1.66. The molecule has 0 N–H and O–H groups in total. The summed E-state index contributed by atoms with van der Waals surface area (Å²) < 4.78 is 5.24. The molecule has 2 nitrogen and oxygen atoms in total. The molecule has 3 heteroatoms. The lowest BCUT2D eigenvalue weighted by molar-refractivity contribution is 0.104. The van der Waals surface area contributed by atoms with Gasteiger partial charge in [-0.2, -0.15) is 0 Å². The van der Waals surface area contributed by atoms with Crippen molar-refractivity contribution in [3.63, 3.8) is 0 Å². The van der Waals surface area contributed by atoms with Crippen LogP contribution < -0.4 is 4.74 Å². The smallest absolute Gasteiger partial charge is 0.185 e. The van der Waals surface area contributed by atoms with E-state index in [0.29, 0.717) is 5.56 Å². The second-order valence-electron chi connectivity index (χ2n) is 5.40. The van der Waals surface area contributed by atoms with Crippen LogP contribution in [0.3, 0.4) is 0 Å². The molecule has 0 amide bonds. The van der Waals surface area contributed by atoms with Crippen molar-refractivity contribution in [3.8, 4) is 5.75 Å². The Morgan fingerprint density at radius 3 is 2.38 bits per heavy atom. The summed E-state index contributed by atoms with van der Waals surface area (Å²) in [6, 6.07) is 19.7. The lowest BCUT2D eigenvalue weighted by atomic mass is 10.1. The van der Waals surface area contributed by atoms with Crippen molar-refractivity contribution < 1.29 is 9.53 Å². The van der Waals surface area contributed by atoms with Gasteiger partial charge < -0.3 is 4.74 Å². The maximum Gasteiger partial charge on any atom is 0.185 e. The van der Waals surface area contributed by atoms with Crippen LogP contribution in [0.2, 0.25) is 0 Å². The lowest BCUT2D eigenvalue weighted by Gasteiger charge is -2.03. The van der Waals surface area contributed by atoms with Crippen molar-refractivity contribution in [1.82, 2.24) is 0 Å². The summed E-state index contributed by atoms with van der Waals surface area (Å²) in [6.45, 7) is 0. The molecule has 0 saturated carbocycles. The Morgan fingerprint density at radius 1 is 0.958 bits per heavy atom. The molecule has 0 aliphatic rings. The molecule has 0 fully saturated rings. The number of ether oxygens (including phenoxy) is 1. The zero-order valence-corrected chi connectivity index (χ0v) is 14.5. The first kappa shape index (κ1) is 16.3. The monoisotopic (exact) mass is 334 g/mol. The highest BCUT2D eigenvalue weighted by molar-refractivity contribution is 7.98. The quantitative estimate of drug-likeness (QED) is 0.352. The lowest BCUT2D eigenvalue weighted by Crippen LogP contribution is -1.93. The minimum atomic E-state index is 0.0116. The normalized spacial score (nSPS) is 11.1. The Bertz CT molecular complexity index is 895. The number of benzene rings is 3. The summed E-state index contributed by atoms with van der Waals surface area (Å²) in [5.41, 5.74) is 1.70. The summed E-state index contributed by atoms with van der Waals surface area (Å²) in [4.78, 5) is 13.4. The van der Waals surface area contributed by atoms with E-state index in [4.69, 9.17) is 4.74 Å². The van der Waals surface area contributed by atoms with Crippen LogP contribution in [0.4, 0.5) is 0 Å².